The van der Waals surface area contributed by atoms with Gasteiger partial charge in [-0.25, -0.2) is 9.89 Å². The summed E-state index contributed by atoms with van der Waals surface area (Å²) < 4.78 is 5.33. The summed E-state index contributed by atoms with van der Waals surface area (Å²) in [7, 11) is 0. The monoisotopic (exact) mass is 211 g/mol. The third-order valence-corrected chi connectivity index (χ3v) is 1.99. The lowest BCUT2D eigenvalue weighted by atomic mass is 10.2. The number of ether oxygens (including phenoxy) is 1. The van der Waals surface area contributed by atoms with Crippen LogP contribution in [0.1, 0.15) is 31.5 Å². The van der Waals surface area contributed by atoms with Crippen molar-refractivity contribution in [1.82, 2.24) is 15.2 Å². The average molecular weight is 211 g/mol. The molecule has 0 fully saturated rings. The SMILES string of the molecule is C=CCCCCCOCc1n[nH]c(=O)[nH]1. The maximum absolute atomic E-state index is 10.7. The minimum absolute atomic E-state index is 0.292. The first-order valence-corrected chi connectivity index (χ1v) is 5.15. The van der Waals surface area contributed by atoms with Crippen molar-refractivity contribution in [2.45, 2.75) is 32.3 Å². The number of hydrogen-bond donors (Lipinski definition) is 2. The van der Waals surface area contributed by atoms with Gasteiger partial charge in [0.1, 0.15) is 6.61 Å². The molecular formula is C10H17N3O2. The van der Waals surface area contributed by atoms with Crippen LogP contribution in [0.5, 0.6) is 0 Å². The molecule has 0 aliphatic heterocycles. The average Bonchev–Trinajstić information content (AvgIpc) is 2.63. The highest BCUT2D eigenvalue weighted by atomic mass is 16.5. The lowest BCUT2D eigenvalue weighted by Gasteiger charge is -2.00. The van der Waals surface area contributed by atoms with Crippen LogP contribution in [0.15, 0.2) is 17.4 Å². The number of H-pyrrole nitrogens is 2. The molecule has 0 spiro atoms. The molecule has 0 saturated heterocycles. The molecule has 0 amide bonds. The molecule has 5 heteroatoms. The molecule has 0 aromatic carbocycles. The zero-order chi connectivity index (χ0) is 10.9. The maximum Gasteiger partial charge on any atom is 0.340 e. The fourth-order valence-electron chi connectivity index (χ4n) is 1.21. The van der Waals surface area contributed by atoms with Gasteiger partial charge < -0.3 is 4.74 Å². The molecule has 0 atom stereocenters. The molecule has 15 heavy (non-hydrogen) atoms. The Morgan fingerprint density at radius 2 is 2.27 bits per heavy atom. The van der Waals surface area contributed by atoms with Gasteiger partial charge in [-0.15, -0.1) is 6.58 Å². The Morgan fingerprint density at radius 3 is 2.93 bits per heavy atom. The van der Waals surface area contributed by atoms with E-state index in [-0.39, 0.29) is 5.69 Å². The third kappa shape index (κ3) is 5.17. The van der Waals surface area contributed by atoms with Gasteiger partial charge in [-0.2, -0.15) is 5.10 Å². The topological polar surface area (TPSA) is 70.8 Å². The molecule has 0 aliphatic carbocycles. The smallest absolute Gasteiger partial charge is 0.340 e. The summed E-state index contributed by atoms with van der Waals surface area (Å²) in [6, 6.07) is 0. The Kier molecular flexibility index (Phi) is 5.47. The van der Waals surface area contributed by atoms with Gasteiger partial charge in [0.15, 0.2) is 5.82 Å². The Balaban J connectivity index is 1.97. The largest absolute Gasteiger partial charge is 0.373 e. The van der Waals surface area contributed by atoms with Crippen LogP contribution in [-0.2, 0) is 11.3 Å². The Hall–Kier alpha value is -1.36. The number of rotatable bonds is 8. The van der Waals surface area contributed by atoms with Gasteiger partial charge in [0.2, 0.25) is 0 Å². The first-order chi connectivity index (χ1) is 7.33. The molecule has 0 saturated carbocycles. The Bertz CT molecular complexity index is 329. The van der Waals surface area contributed by atoms with Crippen LogP contribution in [0.25, 0.3) is 0 Å². The van der Waals surface area contributed by atoms with E-state index in [1.165, 1.54) is 0 Å². The zero-order valence-corrected chi connectivity index (χ0v) is 8.79. The van der Waals surface area contributed by atoms with E-state index in [0.29, 0.717) is 19.0 Å². The second-order valence-electron chi connectivity index (χ2n) is 3.32. The van der Waals surface area contributed by atoms with Gasteiger partial charge in [0.05, 0.1) is 0 Å². The van der Waals surface area contributed by atoms with Crippen molar-refractivity contribution in [2.75, 3.05) is 6.61 Å². The lowest BCUT2D eigenvalue weighted by molar-refractivity contribution is 0.112. The highest BCUT2D eigenvalue weighted by Crippen LogP contribution is 2.00. The van der Waals surface area contributed by atoms with Gasteiger partial charge >= 0.3 is 5.69 Å². The highest BCUT2D eigenvalue weighted by Gasteiger charge is 1.97. The molecule has 1 rings (SSSR count). The Morgan fingerprint density at radius 1 is 1.40 bits per heavy atom. The third-order valence-electron chi connectivity index (χ3n) is 1.99. The van der Waals surface area contributed by atoms with E-state index in [2.05, 4.69) is 21.8 Å². The van der Waals surface area contributed by atoms with E-state index in [0.717, 1.165) is 25.7 Å². The van der Waals surface area contributed by atoms with E-state index in [1.807, 2.05) is 6.08 Å². The molecular weight excluding hydrogens is 194 g/mol. The number of aromatic nitrogens is 3. The zero-order valence-electron chi connectivity index (χ0n) is 8.79. The number of unbranched alkanes of at least 4 members (excludes halogenated alkanes) is 3. The molecule has 5 nitrogen and oxygen atoms in total. The Labute approximate surface area is 88.6 Å². The molecule has 84 valence electrons. The summed E-state index contributed by atoms with van der Waals surface area (Å²) in [4.78, 5) is 13.2. The normalized spacial score (nSPS) is 10.4. The van der Waals surface area contributed by atoms with Crippen molar-refractivity contribution >= 4 is 0 Å². The van der Waals surface area contributed by atoms with Crippen LogP contribution in [-0.4, -0.2) is 21.8 Å². The van der Waals surface area contributed by atoms with Crippen LogP contribution in [0.4, 0.5) is 0 Å². The molecule has 1 heterocycles. The number of nitrogens with one attached hydrogen (secondary N) is 2. The van der Waals surface area contributed by atoms with Gasteiger partial charge in [0.25, 0.3) is 0 Å². The van der Waals surface area contributed by atoms with Crippen molar-refractivity contribution in [1.29, 1.82) is 0 Å². The predicted molar refractivity (Wildman–Crippen MR) is 57.5 cm³/mol. The number of aromatic amines is 2. The van der Waals surface area contributed by atoms with Gasteiger partial charge in [-0.1, -0.05) is 12.5 Å². The molecule has 0 bridgehead atoms. The molecule has 0 aliphatic rings. The van der Waals surface area contributed by atoms with Crippen molar-refractivity contribution in [3.8, 4) is 0 Å². The minimum Gasteiger partial charge on any atom is -0.373 e. The van der Waals surface area contributed by atoms with Gasteiger partial charge in [-0.05, 0) is 19.3 Å². The molecule has 1 aromatic heterocycles. The van der Waals surface area contributed by atoms with Crippen LogP contribution in [0.2, 0.25) is 0 Å². The summed E-state index contributed by atoms with van der Waals surface area (Å²) in [5.41, 5.74) is -0.292. The number of allylic oxidation sites excluding steroid dienone is 1. The van der Waals surface area contributed by atoms with Crippen LogP contribution in [0, 0.1) is 0 Å². The lowest BCUT2D eigenvalue weighted by Crippen LogP contribution is -2.02. The molecule has 0 radical (unpaired) electrons. The van der Waals surface area contributed by atoms with Crippen LogP contribution < -0.4 is 5.69 Å². The van der Waals surface area contributed by atoms with Crippen LogP contribution in [0.3, 0.4) is 0 Å². The molecule has 0 unspecified atom stereocenters. The summed E-state index contributed by atoms with van der Waals surface area (Å²) in [5.74, 6) is 0.547. The summed E-state index contributed by atoms with van der Waals surface area (Å²) in [6.07, 6.45) is 6.32. The predicted octanol–water partition coefficient (Wildman–Crippen LogP) is 1.36. The van der Waals surface area contributed by atoms with E-state index in [4.69, 9.17) is 4.74 Å². The second kappa shape index (κ2) is 7.00. The molecule has 2 N–H and O–H groups in total. The first-order valence-electron chi connectivity index (χ1n) is 5.15. The highest BCUT2D eigenvalue weighted by molar-refractivity contribution is 4.76. The maximum atomic E-state index is 10.7. The summed E-state index contributed by atoms with van der Waals surface area (Å²) >= 11 is 0. The standard InChI is InChI=1S/C10H17N3O2/c1-2-3-4-5-6-7-15-8-9-11-10(14)13-12-9/h2H,1,3-8H2,(H2,11,12,13,14). The van der Waals surface area contributed by atoms with Crippen molar-refractivity contribution in [3.05, 3.63) is 29.0 Å². The fourth-order valence-corrected chi connectivity index (χ4v) is 1.21. The quantitative estimate of drug-likeness (QED) is 0.504. The van der Waals surface area contributed by atoms with Gasteiger partial charge in [-0.3, -0.25) is 4.98 Å². The fraction of sp³-hybridized carbons (Fsp3) is 0.600. The van der Waals surface area contributed by atoms with Crippen molar-refractivity contribution in [3.63, 3.8) is 0 Å². The number of nitrogens with zero attached hydrogens (tertiary/aromatic N) is 1. The summed E-state index contributed by atoms with van der Waals surface area (Å²) in [6.45, 7) is 4.72. The second-order valence-corrected chi connectivity index (χ2v) is 3.32. The van der Waals surface area contributed by atoms with E-state index < -0.39 is 0 Å². The molecule has 1 aromatic rings. The minimum atomic E-state index is -0.292. The van der Waals surface area contributed by atoms with Crippen molar-refractivity contribution in [2.24, 2.45) is 0 Å². The first kappa shape index (κ1) is 11.7. The summed E-state index contributed by atoms with van der Waals surface area (Å²) in [5, 5.41) is 6.02. The van der Waals surface area contributed by atoms with E-state index in [9.17, 15) is 4.79 Å². The van der Waals surface area contributed by atoms with Crippen LogP contribution >= 0.6 is 0 Å². The van der Waals surface area contributed by atoms with E-state index in [1.54, 1.807) is 0 Å². The van der Waals surface area contributed by atoms with Gasteiger partial charge in [0, 0.05) is 6.61 Å². The van der Waals surface area contributed by atoms with Crippen molar-refractivity contribution < 1.29 is 4.74 Å². The number of hydrogen-bond acceptors (Lipinski definition) is 3. The van der Waals surface area contributed by atoms with E-state index >= 15 is 0 Å².